The Labute approximate surface area is 268 Å². The van der Waals surface area contributed by atoms with Gasteiger partial charge in [-0.3, -0.25) is 0 Å². The van der Waals surface area contributed by atoms with Crippen LogP contribution < -0.4 is 15.3 Å². The molecular formula is C36H46BN5O3. The molecule has 8 nitrogen and oxygen atoms in total. The van der Waals surface area contributed by atoms with Gasteiger partial charge in [-0.2, -0.15) is 5.10 Å². The largest absolute Gasteiger partial charge is 0.494 e. The molecule has 0 radical (unpaired) electrons. The predicted molar refractivity (Wildman–Crippen MR) is 182 cm³/mol. The molecule has 2 aliphatic heterocycles. The molecule has 3 aromatic carbocycles. The molecule has 4 aromatic rings. The Morgan fingerprint density at radius 1 is 0.800 bits per heavy atom. The smallest absolute Gasteiger partial charge is 0.399 e. The van der Waals surface area contributed by atoms with Crippen LogP contribution in [-0.2, 0) is 20.7 Å². The first-order valence-corrected chi connectivity index (χ1v) is 16.3. The number of hydrogen-bond donors (Lipinski definition) is 0. The van der Waals surface area contributed by atoms with E-state index in [9.17, 15) is 0 Å². The van der Waals surface area contributed by atoms with Gasteiger partial charge in [0.25, 0.3) is 0 Å². The minimum absolute atomic E-state index is 0.0129. The third-order valence-electron chi connectivity index (χ3n) is 9.72. The molecule has 1 aromatic heterocycles. The summed E-state index contributed by atoms with van der Waals surface area (Å²) >= 11 is 0. The number of ether oxygens (including phenoxy) is 1. The van der Waals surface area contributed by atoms with Gasteiger partial charge in [-0.1, -0.05) is 49.4 Å². The van der Waals surface area contributed by atoms with Crippen LogP contribution in [0, 0.1) is 0 Å². The Bertz CT molecular complexity index is 1520. The molecule has 0 aliphatic carbocycles. The number of nitrogens with zero attached hydrogens (tertiary/aromatic N) is 5. The molecule has 0 spiro atoms. The van der Waals surface area contributed by atoms with Gasteiger partial charge in [0.15, 0.2) is 5.82 Å². The monoisotopic (exact) mass is 607 g/mol. The van der Waals surface area contributed by atoms with Gasteiger partial charge in [0.2, 0.25) is 0 Å². The quantitative estimate of drug-likeness (QED) is 0.201. The van der Waals surface area contributed by atoms with Gasteiger partial charge in [-0.05, 0) is 88.5 Å². The summed E-state index contributed by atoms with van der Waals surface area (Å²) < 4.78 is 20.6. The van der Waals surface area contributed by atoms with Gasteiger partial charge in [-0.25, -0.2) is 9.67 Å². The summed E-state index contributed by atoms with van der Waals surface area (Å²) in [5.74, 6) is 0.740. The Hall–Kier alpha value is -3.66. The zero-order valence-electron chi connectivity index (χ0n) is 27.5. The highest BCUT2D eigenvalue weighted by atomic mass is 16.7. The van der Waals surface area contributed by atoms with E-state index < -0.39 is 0 Å². The van der Waals surface area contributed by atoms with E-state index in [1.165, 1.54) is 16.9 Å². The number of rotatable bonds is 10. The van der Waals surface area contributed by atoms with Crippen molar-refractivity contribution in [2.75, 3.05) is 36.0 Å². The second-order valence-corrected chi connectivity index (χ2v) is 13.2. The van der Waals surface area contributed by atoms with Gasteiger partial charge < -0.3 is 23.8 Å². The standard InChI is InChI=1S/C36H46BN5O3/c1-7-33(27(2)43-25-28-11-9-8-10-12-28)42-26-38-34(39-42)29-13-17-31(18-14-29)40-21-23-41(24-22-40)32-19-15-30(16-20-32)37-44-35(3,4)36(5,6)45-37/h8-20,26-27,33H,7,21-25H2,1-6H3/t27-,33-/m0/s1. The Balaban J connectivity index is 1.02. The summed E-state index contributed by atoms with van der Waals surface area (Å²) in [6.45, 7) is 17.1. The zero-order chi connectivity index (χ0) is 31.6. The molecule has 2 aliphatic rings. The molecule has 45 heavy (non-hydrogen) atoms. The molecule has 0 amide bonds. The van der Waals surface area contributed by atoms with Crippen molar-refractivity contribution in [3.63, 3.8) is 0 Å². The topological polar surface area (TPSA) is 64.9 Å². The third-order valence-corrected chi connectivity index (χ3v) is 9.72. The Kier molecular flexibility index (Phi) is 9.04. The van der Waals surface area contributed by atoms with E-state index in [0.717, 1.165) is 49.5 Å². The Morgan fingerprint density at radius 3 is 1.91 bits per heavy atom. The van der Waals surface area contributed by atoms with E-state index in [1.807, 2.05) is 29.2 Å². The molecule has 236 valence electrons. The molecule has 9 heteroatoms. The van der Waals surface area contributed by atoms with Crippen molar-refractivity contribution in [1.29, 1.82) is 0 Å². The molecule has 3 heterocycles. The highest BCUT2D eigenvalue weighted by Crippen LogP contribution is 2.36. The fourth-order valence-corrected chi connectivity index (χ4v) is 6.08. The molecule has 6 rings (SSSR count). The zero-order valence-corrected chi connectivity index (χ0v) is 27.5. The summed E-state index contributed by atoms with van der Waals surface area (Å²) in [5.41, 5.74) is 5.04. The van der Waals surface area contributed by atoms with Crippen LogP contribution in [0.5, 0.6) is 0 Å². The minimum atomic E-state index is -0.335. The number of hydrogen-bond acceptors (Lipinski definition) is 7. The van der Waals surface area contributed by atoms with Gasteiger partial charge in [0.05, 0.1) is 30.0 Å². The van der Waals surface area contributed by atoms with Crippen molar-refractivity contribution in [3.05, 3.63) is 90.8 Å². The van der Waals surface area contributed by atoms with E-state index in [0.29, 0.717) is 6.61 Å². The fraction of sp³-hybridized carbons (Fsp3) is 0.444. The average molecular weight is 608 g/mol. The second kappa shape index (κ2) is 13.0. The van der Waals surface area contributed by atoms with Crippen molar-refractivity contribution in [3.8, 4) is 11.4 Å². The van der Waals surface area contributed by atoms with Crippen LogP contribution in [0.4, 0.5) is 11.4 Å². The average Bonchev–Trinajstić information content (AvgIpc) is 3.62. The summed E-state index contributed by atoms with van der Waals surface area (Å²) in [6.07, 6.45) is 2.76. The van der Waals surface area contributed by atoms with Crippen molar-refractivity contribution in [1.82, 2.24) is 14.8 Å². The summed E-state index contributed by atoms with van der Waals surface area (Å²) in [5, 5.41) is 4.85. The Morgan fingerprint density at radius 2 is 1.36 bits per heavy atom. The van der Waals surface area contributed by atoms with Crippen LogP contribution in [0.15, 0.2) is 85.2 Å². The first kappa shape index (κ1) is 31.3. The van der Waals surface area contributed by atoms with Crippen LogP contribution in [-0.4, -0.2) is 65.4 Å². The van der Waals surface area contributed by atoms with Crippen LogP contribution >= 0.6 is 0 Å². The first-order chi connectivity index (χ1) is 21.6. The number of benzene rings is 3. The highest BCUT2D eigenvalue weighted by molar-refractivity contribution is 6.62. The van der Waals surface area contributed by atoms with E-state index in [1.54, 1.807) is 0 Å². The van der Waals surface area contributed by atoms with Crippen LogP contribution in [0.1, 0.15) is 59.6 Å². The maximum Gasteiger partial charge on any atom is 0.494 e. The first-order valence-electron chi connectivity index (χ1n) is 16.3. The van der Waals surface area contributed by atoms with Crippen molar-refractivity contribution < 1.29 is 14.0 Å². The molecule has 0 unspecified atom stereocenters. The lowest BCUT2D eigenvalue weighted by Crippen LogP contribution is -2.46. The molecule has 2 fully saturated rings. The molecule has 0 N–H and O–H groups in total. The summed E-state index contributed by atoms with van der Waals surface area (Å²) in [6, 6.07) is 27.7. The van der Waals surface area contributed by atoms with Gasteiger partial charge in [0.1, 0.15) is 6.33 Å². The van der Waals surface area contributed by atoms with Crippen molar-refractivity contribution in [2.45, 2.75) is 77.9 Å². The maximum atomic E-state index is 6.23. The van der Waals surface area contributed by atoms with Crippen LogP contribution in [0.3, 0.4) is 0 Å². The normalized spacial score (nSPS) is 19.1. The number of anilines is 2. The third kappa shape index (κ3) is 6.81. The molecule has 0 saturated carbocycles. The second-order valence-electron chi connectivity index (χ2n) is 13.2. The van der Waals surface area contributed by atoms with Gasteiger partial charge in [-0.15, -0.1) is 0 Å². The lowest BCUT2D eigenvalue weighted by molar-refractivity contribution is 0.00578. The SMILES string of the molecule is CC[C@@H]([C@H](C)OCc1ccccc1)n1cnc(-c2ccc(N3CCN(c4ccc(B5OC(C)(C)C(C)(C)O5)cc4)CC3)cc2)n1. The van der Waals surface area contributed by atoms with Crippen LogP contribution in [0.2, 0.25) is 0 Å². The molecule has 0 bridgehead atoms. The summed E-state index contributed by atoms with van der Waals surface area (Å²) in [7, 11) is -0.330. The molecule has 2 saturated heterocycles. The lowest BCUT2D eigenvalue weighted by atomic mass is 9.79. The highest BCUT2D eigenvalue weighted by Gasteiger charge is 2.51. The van der Waals surface area contributed by atoms with Crippen molar-refractivity contribution in [2.24, 2.45) is 0 Å². The molecule has 2 atom stereocenters. The van der Waals surface area contributed by atoms with Crippen molar-refractivity contribution >= 4 is 24.0 Å². The van der Waals surface area contributed by atoms with E-state index >= 15 is 0 Å². The molecular weight excluding hydrogens is 561 g/mol. The summed E-state index contributed by atoms with van der Waals surface area (Å²) in [4.78, 5) is 9.54. The van der Waals surface area contributed by atoms with E-state index in [4.69, 9.17) is 19.1 Å². The minimum Gasteiger partial charge on any atom is -0.399 e. The number of piperazine rings is 1. The fourth-order valence-electron chi connectivity index (χ4n) is 6.08. The maximum absolute atomic E-state index is 6.23. The van der Waals surface area contributed by atoms with Gasteiger partial charge >= 0.3 is 7.12 Å². The van der Waals surface area contributed by atoms with Crippen LogP contribution in [0.25, 0.3) is 11.4 Å². The number of aromatic nitrogens is 3. The lowest BCUT2D eigenvalue weighted by Gasteiger charge is -2.37. The van der Waals surface area contributed by atoms with Gasteiger partial charge in [0, 0.05) is 43.1 Å². The van der Waals surface area contributed by atoms with E-state index in [2.05, 4.69) is 117 Å². The van der Waals surface area contributed by atoms with E-state index in [-0.39, 0.29) is 30.5 Å². The predicted octanol–water partition coefficient (Wildman–Crippen LogP) is 6.13.